The fraction of sp³-hybridized carbons (Fsp3) is 0.967. The molecule has 0 bridgehead atoms. The highest BCUT2D eigenvalue weighted by molar-refractivity contribution is 6.05. The first-order valence-electron chi connectivity index (χ1n) is 31.7. The Hall–Kier alpha value is -1.62. The Balaban J connectivity index is 1.64. The van der Waals surface area contributed by atoms with Crippen molar-refractivity contribution in [3.8, 4) is 0 Å². The van der Waals surface area contributed by atoms with Gasteiger partial charge in [0.25, 0.3) is 5.91 Å². The van der Waals surface area contributed by atoms with Gasteiger partial charge in [0, 0.05) is 0 Å². The van der Waals surface area contributed by atoms with Crippen LogP contribution in [0.15, 0.2) is 0 Å². The smallest absolute Gasteiger partial charge is 0.257 e. The summed E-state index contributed by atoms with van der Waals surface area (Å²) >= 11 is 0. The van der Waals surface area contributed by atoms with Crippen molar-refractivity contribution in [2.45, 2.75) is 343 Å². The van der Waals surface area contributed by atoms with Crippen LogP contribution >= 0.6 is 0 Å². The molecule has 0 spiro atoms. The first-order chi connectivity index (χ1) is 39.3. The van der Waals surface area contributed by atoms with Crippen molar-refractivity contribution in [2.24, 2.45) is 5.92 Å². The first-order valence-corrected chi connectivity index (χ1v) is 31.7. The minimum Gasteiger partial charge on any atom is -0.394 e. The number of Topliss-reactive ketones (excluding diaryl/α,β-unsaturated/α-hetero) is 1. The molecule has 0 aromatic rings. The maximum absolute atomic E-state index is 13.6. The summed E-state index contributed by atoms with van der Waals surface area (Å²) in [4.78, 5) is 26.9. The molecule has 0 saturated carbocycles. The van der Waals surface area contributed by atoms with Gasteiger partial charge < -0.3 is 100 Å². The molecule has 0 unspecified atom stereocenters. The summed E-state index contributed by atoms with van der Waals surface area (Å²) in [6.45, 7) is 5.43. The molecule has 3 aliphatic rings. The quantitative estimate of drug-likeness (QED) is 0.0307. The zero-order chi connectivity index (χ0) is 60.6. The summed E-state index contributed by atoms with van der Waals surface area (Å²) in [5, 5.41) is 143. The number of ether oxygens (including phenoxy) is 6. The summed E-state index contributed by atoms with van der Waals surface area (Å²) < 4.78 is 34.9. The van der Waals surface area contributed by atoms with Gasteiger partial charge in [-0.15, -0.1) is 0 Å². The third kappa shape index (κ3) is 26.4. The molecule has 3 saturated heterocycles. The van der Waals surface area contributed by atoms with Gasteiger partial charge in [-0.05, 0) is 25.7 Å². The van der Waals surface area contributed by atoms with E-state index in [1.165, 1.54) is 103 Å². The summed E-state index contributed by atoms with van der Waals surface area (Å²) in [6, 6.07) is -1.63. The van der Waals surface area contributed by atoms with Gasteiger partial charge in [0.1, 0.15) is 79.4 Å². The molecule has 22 heteroatoms. The van der Waals surface area contributed by atoms with Crippen LogP contribution in [-0.2, 0) is 38.0 Å². The summed E-state index contributed by atoms with van der Waals surface area (Å²) in [5.74, 6) is -1.83. The van der Waals surface area contributed by atoms with E-state index in [9.17, 15) is 76.0 Å². The van der Waals surface area contributed by atoms with Crippen molar-refractivity contribution in [3.05, 3.63) is 0 Å². The molecular weight excluding hydrogens is 1070 g/mol. The van der Waals surface area contributed by atoms with E-state index in [4.69, 9.17) is 28.4 Å². The van der Waals surface area contributed by atoms with Gasteiger partial charge in [-0.3, -0.25) is 9.59 Å². The Morgan fingerprint density at radius 3 is 1.37 bits per heavy atom. The van der Waals surface area contributed by atoms with Crippen molar-refractivity contribution in [1.82, 2.24) is 5.32 Å². The first kappa shape index (κ1) is 74.6. The molecule has 22 nitrogen and oxygen atoms in total. The molecule has 1 amide bonds. The second-order valence-electron chi connectivity index (χ2n) is 24.1. The molecule has 3 fully saturated rings. The number of carbonyl (C=O) groups is 2. The van der Waals surface area contributed by atoms with Crippen LogP contribution in [0.3, 0.4) is 0 Å². The molecule has 0 aromatic carbocycles. The predicted octanol–water partition coefficient (Wildman–Crippen LogP) is 3.36. The van der Waals surface area contributed by atoms with Crippen molar-refractivity contribution in [1.29, 1.82) is 0 Å². The maximum Gasteiger partial charge on any atom is 0.257 e. The summed E-state index contributed by atoms with van der Waals surface area (Å²) in [7, 11) is 0. The highest BCUT2D eigenvalue weighted by Crippen LogP contribution is 2.34. The molecule has 484 valence electrons. The van der Waals surface area contributed by atoms with E-state index in [0.29, 0.717) is 18.8 Å². The SMILES string of the molecule is CCCCCCCCCCCCCCCCCCCCC[C@@H](O)C(=O)[C@@H](O)C(=O)N[C@@H](CO[C@@H]1O[C@H](CO)[C@@H](O[C@@H]2O[C@H](CO)[C@H](O)[C@H](O)[C@H]2O)[C@H](O[C@H]2O[C@H](C)[C@H](O)[C@H](O)[C@H]2O)[C@H]1O)[C@H](O)[C@H](O)CCCCCCCCCCC(C)C. The van der Waals surface area contributed by atoms with Crippen LogP contribution in [0.1, 0.15) is 220 Å². The van der Waals surface area contributed by atoms with Gasteiger partial charge in [0.05, 0.1) is 38.1 Å². The Bertz CT molecular complexity index is 1640. The lowest BCUT2D eigenvalue weighted by atomic mass is 9.96. The predicted molar refractivity (Wildman–Crippen MR) is 304 cm³/mol. The minimum absolute atomic E-state index is 0.00266. The number of hydrogen-bond donors (Lipinski definition) is 14. The molecule has 3 rings (SSSR count). The second kappa shape index (κ2) is 42.3. The monoisotopic (exact) mass is 1180 g/mol. The second-order valence-corrected chi connectivity index (χ2v) is 24.1. The van der Waals surface area contributed by atoms with Gasteiger partial charge in [-0.1, -0.05) is 201 Å². The normalized spacial score (nSPS) is 30.7. The molecule has 14 N–H and O–H groups in total. The number of nitrogens with one attached hydrogen (secondary N) is 1. The lowest BCUT2D eigenvalue weighted by Gasteiger charge is -2.49. The molecule has 0 aromatic heterocycles. The van der Waals surface area contributed by atoms with E-state index in [2.05, 4.69) is 26.1 Å². The van der Waals surface area contributed by atoms with Crippen LogP contribution in [0.2, 0.25) is 0 Å². The maximum atomic E-state index is 13.6. The average molecular weight is 1180 g/mol. The number of amides is 1. The fourth-order valence-electron chi connectivity index (χ4n) is 11.1. The standard InChI is InChI=1S/C60H113NO21/c1-5-6-7-8-9-10-11-12-13-14-15-16-17-18-19-20-24-28-31-34-42(65)47(68)51(72)57(76)61-40(46(67)41(64)33-30-27-25-22-21-23-26-29-32-38(2)3)37-77-58-54(75)56(82-59-52(73)49(70)45(66)39(4)78-59)55(44(36-63)80-58)81-60-53(74)50(71)48(69)43(35-62)79-60/h38-46,48-56,58-60,62-67,69-75H,5-37H2,1-4H3,(H,61,76)/t39-,40+,41-,42-,43-,44-,45+,46+,48+,49+,50+,51-,52-,53-,54-,55-,56-,58-,59-,60+/m1/s1. The van der Waals surface area contributed by atoms with Crippen molar-refractivity contribution < 1.29 is 104 Å². The summed E-state index contributed by atoms with van der Waals surface area (Å²) in [6.07, 6.45) is -2.43. The van der Waals surface area contributed by atoms with Gasteiger partial charge in [-0.25, -0.2) is 0 Å². The zero-order valence-electron chi connectivity index (χ0n) is 50.0. The molecular formula is C60H113NO21. The number of ketones is 1. The molecule has 20 atom stereocenters. The third-order valence-corrected chi connectivity index (χ3v) is 16.6. The highest BCUT2D eigenvalue weighted by Gasteiger charge is 2.54. The number of hydrogen-bond acceptors (Lipinski definition) is 21. The molecule has 3 heterocycles. The van der Waals surface area contributed by atoms with E-state index < -0.39 is 154 Å². The van der Waals surface area contributed by atoms with Gasteiger partial charge >= 0.3 is 0 Å². The van der Waals surface area contributed by atoms with Crippen LogP contribution in [0.5, 0.6) is 0 Å². The largest absolute Gasteiger partial charge is 0.394 e. The molecule has 82 heavy (non-hydrogen) atoms. The third-order valence-electron chi connectivity index (χ3n) is 16.6. The van der Waals surface area contributed by atoms with Crippen LogP contribution in [0.25, 0.3) is 0 Å². The number of aliphatic hydroxyl groups is 13. The fourth-order valence-corrected chi connectivity index (χ4v) is 11.1. The Morgan fingerprint density at radius 2 is 0.890 bits per heavy atom. The van der Waals surface area contributed by atoms with E-state index in [1.807, 2.05) is 0 Å². The molecule has 3 aliphatic heterocycles. The zero-order valence-corrected chi connectivity index (χ0v) is 50.0. The van der Waals surface area contributed by atoms with Crippen LogP contribution in [-0.4, -0.2) is 220 Å². The molecule has 0 aliphatic carbocycles. The Labute approximate surface area is 488 Å². The van der Waals surface area contributed by atoms with Crippen LogP contribution in [0.4, 0.5) is 0 Å². The summed E-state index contributed by atoms with van der Waals surface area (Å²) in [5.41, 5.74) is 0. The number of unbranched alkanes of at least 4 members (excludes halogenated alkanes) is 25. The van der Waals surface area contributed by atoms with Crippen molar-refractivity contribution in [2.75, 3.05) is 19.8 Å². The lowest BCUT2D eigenvalue weighted by molar-refractivity contribution is -0.386. The van der Waals surface area contributed by atoms with Gasteiger partial charge in [0.15, 0.2) is 30.8 Å². The van der Waals surface area contributed by atoms with Gasteiger partial charge in [0.2, 0.25) is 0 Å². The van der Waals surface area contributed by atoms with Crippen LogP contribution < -0.4 is 5.32 Å². The van der Waals surface area contributed by atoms with Crippen molar-refractivity contribution in [3.63, 3.8) is 0 Å². The van der Waals surface area contributed by atoms with E-state index in [1.54, 1.807) is 0 Å². The topological polar surface area (TPSA) is 365 Å². The van der Waals surface area contributed by atoms with Crippen molar-refractivity contribution >= 4 is 11.7 Å². The lowest BCUT2D eigenvalue weighted by Crippen LogP contribution is -2.67. The van der Waals surface area contributed by atoms with E-state index in [0.717, 1.165) is 70.6 Å². The van der Waals surface area contributed by atoms with Gasteiger partial charge in [-0.2, -0.15) is 0 Å². The van der Waals surface area contributed by atoms with E-state index in [-0.39, 0.29) is 12.8 Å². The number of carbonyl (C=O) groups excluding carboxylic acids is 2. The number of aliphatic hydroxyl groups excluding tert-OH is 13. The molecule has 0 radical (unpaired) electrons. The minimum atomic E-state index is -2.39. The van der Waals surface area contributed by atoms with E-state index >= 15 is 0 Å². The number of rotatable bonds is 46. The average Bonchev–Trinajstić information content (AvgIpc) is 3.53. The highest BCUT2D eigenvalue weighted by atomic mass is 16.8. The Morgan fingerprint density at radius 1 is 0.476 bits per heavy atom. The Kier molecular flexibility index (Phi) is 38.5. The van der Waals surface area contributed by atoms with Crippen LogP contribution in [0, 0.1) is 5.92 Å².